The summed E-state index contributed by atoms with van der Waals surface area (Å²) in [6.45, 7) is 4.28. The molecule has 0 fully saturated rings. The zero-order chi connectivity index (χ0) is 12.2. The molecule has 0 radical (unpaired) electrons. The summed E-state index contributed by atoms with van der Waals surface area (Å²) in [6.07, 6.45) is 1.98. The first-order valence-electron chi connectivity index (χ1n) is 5.72. The average Bonchev–Trinajstić information content (AvgIpc) is 2.25. The maximum absolute atomic E-state index is 11.5. The second-order valence-corrected chi connectivity index (χ2v) is 3.68. The predicted molar refractivity (Wildman–Crippen MR) is 63.5 cm³/mol. The molecule has 0 saturated carbocycles. The summed E-state index contributed by atoms with van der Waals surface area (Å²) >= 11 is 0. The van der Waals surface area contributed by atoms with E-state index in [2.05, 4.69) is 17.6 Å². The highest BCUT2D eigenvalue weighted by atomic mass is 16.5. The van der Waals surface area contributed by atoms with Crippen LogP contribution in [0.4, 0.5) is 0 Å². The summed E-state index contributed by atoms with van der Waals surface area (Å²) in [6, 6.07) is 0.117. The van der Waals surface area contributed by atoms with Crippen LogP contribution in [0.3, 0.4) is 0 Å². The molecule has 0 aliphatic heterocycles. The van der Waals surface area contributed by atoms with E-state index >= 15 is 0 Å². The van der Waals surface area contributed by atoms with Crippen LogP contribution in [-0.4, -0.2) is 52.5 Å². The van der Waals surface area contributed by atoms with E-state index in [4.69, 9.17) is 9.47 Å². The minimum absolute atomic E-state index is 0.00611. The van der Waals surface area contributed by atoms with Crippen molar-refractivity contribution in [2.24, 2.45) is 0 Å². The molecule has 0 spiro atoms. The van der Waals surface area contributed by atoms with Crippen LogP contribution in [0.2, 0.25) is 0 Å². The maximum Gasteiger partial charge on any atom is 0.234 e. The van der Waals surface area contributed by atoms with Crippen molar-refractivity contribution in [3.8, 4) is 0 Å². The van der Waals surface area contributed by atoms with E-state index in [-0.39, 0.29) is 11.9 Å². The lowest BCUT2D eigenvalue weighted by Gasteiger charge is -2.17. The van der Waals surface area contributed by atoms with Crippen LogP contribution in [0.15, 0.2) is 0 Å². The Hall–Kier alpha value is -0.650. The first-order chi connectivity index (χ1) is 7.74. The van der Waals surface area contributed by atoms with Crippen molar-refractivity contribution in [1.82, 2.24) is 10.6 Å². The molecule has 2 N–H and O–H groups in total. The molecule has 0 saturated heterocycles. The fourth-order valence-corrected chi connectivity index (χ4v) is 1.40. The Bertz CT molecular complexity index is 171. The molecule has 0 aromatic rings. The Kier molecular flexibility index (Phi) is 10.4. The van der Waals surface area contributed by atoms with Crippen LogP contribution in [0.1, 0.15) is 19.8 Å². The fourth-order valence-electron chi connectivity index (χ4n) is 1.40. The number of hydrogen-bond donors (Lipinski definition) is 2. The van der Waals surface area contributed by atoms with Gasteiger partial charge in [0.05, 0.1) is 25.8 Å². The summed E-state index contributed by atoms with van der Waals surface area (Å²) in [5, 5.41) is 5.93. The third kappa shape index (κ3) is 8.64. The lowest BCUT2D eigenvalue weighted by atomic mass is 10.2. The molecule has 1 unspecified atom stereocenters. The molecule has 16 heavy (non-hydrogen) atoms. The third-order valence-corrected chi connectivity index (χ3v) is 2.14. The van der Waals surface area contributed by atoms with Gasteiger partial charge in [-0.25, -0.2) is 0 Å². The van der Waals surface area contributed by atoms with Crippen LogP contribution < -0.4 is 10.6 Å². The molecule has 0 aliphatic carbocycles. The Morgan fingerprint density at radius 2 is 2.06 bits per heavy atom. The van der Waals surface area contributed by atoms with Crippen molar-refractivity contribution >= 4 is 5.91 Å². The number of carbonyl (C=O) groups excluding carboxylic acids is 1. The van der Waals surface area contributed by atoms with E-state index in [9.17, 15) is 4.79 Å². The first-order valence-corrected chi connectivity index (χ1v) is 5.72. The molecule has 5 heteroatoms. The third-order valence-electron chi connectivity index (χ3n) is 2.14. The van der Waals surface area contributed by atoms with Crippen LogP contribution >= 0.6 is 0 Å². The van der Waals surface area contributed by atoms with Gasteiger partial charge in [0.1, 0.15) is 0 Å². The van der Waals surface area contributed by atoms with Crippen molar-refractivity contribution in [3.63, 3.8) is 0 Å². The van der Waals surface area contributed by atoms with Gasteiger partial charge in [0.15, 0.2) is 0 Å². The molecule has 96 valence electrons. The lowest BCUT2D eigenvalue weighted by molar-refractivity contribution is -0.121. The van der Waals surface area contributed by atoms with Crippen LogP contribution in [-0.2, 0) is 14.3 Å². The van der Waals surface area contributed by atoms with Gasteiger partial charge in [0, 0.05) is 20.8 Å². The van der Waals surface area contributed by atoms with E-state index in [1.165, 1.54) is 0 Å². The van der Waals surface area contributed by atoms with Crippen LogP contribution in [0, 0.1) is 0 Å². The summed E-state index contributed by atoms with van der Waals surface area (Å²) < 4.78 is 9.91. The van der Waals surface area contributed by atoms with E-state index < -0.39 is 0 Å². The van der Waals surface area contributed by atoms with Gasteiger partial charge in [0.25, 0.3) is 0 Å². The zero-order valence-electron chi connectivity index (χ0n) is 10.5. The van der Waals surface area contributed by atoms with Gasteiger partial charge in [-0.15, -0.1) is 0 Å². The maximum atomic E-state index is 11.5. The molecule has 1 atom stereocenters. The van der Waals surface area contributed by atoms with Crippen LogP contribution in [0.25, 0.3) is 0 Å². The summed E-state index contributed by atoms with van der Waals surface area (Å²) in [4.78, 5) is 11.5. The molecule has 0 rings (SSSR count). The Morgan fingerprint density at radius 3 is 2.62 bits per heavy atom. The zero-order valence-corrected chi connectivity index (χ0v) is 10.5. The van der Waals surface area contributed by atoms with Crippen molar-refractivity contribution < 1.29 is 14.3 Å². The van der Waals surface area contributed by atoms with Crippen molar-refractivity contribution in [2.75, 3.05) is 40.5 Å². The Labute approximate surface area is 97.9 Å². The largest absolute Gasteiger partial charge is 0.383 e. The van der Waals surface area contributed by atoms with Gasteiger partial charge in [-0.2, -0.15) is 0 Å². The number of carbonyl (C=O) groups is 1. The van der Waals surface area contributed by atoms with Gasteiger partial charge in [-0.1, -0.05) is 13.3 Å². The molecular formula is C11H24N2O3. The van der Waals surface area contributed by atoms with Gasteiger partial charge in [-0.3, -0.25) is 4.79 Å². The number of methoxy groups -OCH3 is 2. The highest BCUT2D eigenvalue weighted by Gasteiger charge is 2.10. The Balaban J connectivity index is 3.63. The van der Waals surface area contributed by atoms with E-state index in [0.29, 0.717) is 26.3 Å². The number of hydrogen-bond acceptors (Lipinski definition) is 4. The molecule has 0 bridgehead atoms. The van der Waals surface area contributed by atoms with Gasteiger partial charge in [0.2, 0.25) is 5.91 Å². The molecule has 0 aromatic heterocycles. The number of ether oxygens (including phenoxy) is 2. The van der Waals surface area contributed by atoms with Crippen molar-refractivity contribution in [2.45, 2.75) is 25.8 Å². The molecule has 0 heterocycles. The smallest absolute Gasteiger partial charge is 0.234 e. The lowest BCUT2D eigenvalue weighted by Crippen LogP contribution is -2.43. The molecule has 1 amide bonds. The first kappa shape index (κ1) is 15.3. The van der Waals surface area contributed by atoms with E-state index in [0.717, 1.165) is 12.8 Å². The van der Waals surface area contributed by atoms with E-state index in [1.54, 1.807) is 14.2 Å². The summed E-state index contributed by atoms with van der Waals surface area (Å²) in [5.74, 6) is 0.00611. The highest BCUT2D eigenvalue weighted by molar-refractivity contribution is 5.78. The normalized spacial score (nSPS) is 12.4. The Morgan fingerprint density at radius 1 is 1.31 bits per heavy atom. The SMILES string of the molecule is CCCC(COC)NC(=O)CNCCOC. The van der Waals surface area contributed by atoms with Gasteiger partial charge >= 0.3 is 0 Å². The quantitative estimate of drug-likeness (QED) is 0.527. The van der Waals surface area contributed by atoms with Crippen LogP contribution in [0.5, 0.6) is 0 Å². The molecular weight excluding hydrogens is 208 g/mol. The standard InChI is InChI=1S/C11H24N2O3/c1-4-5-10(9-16-3)13-11(14)8-12-6-7-15-2/h10,12H,4-9H2,1-3H3,(H,13,14). The number of nitrogens with one attached hydrogen (secondary N) is 2. The molecule has 0 aromatic carbocycles. The highest BCUT2D eigenvalue weighted by Crippen LogP contribution is 1.96. The topological polar surface area (TPSA) is 59.6 Å². The predicted octanol–water partition coefficient (Wildman–Crippen LogP) is 0.154. The number of amides is 1. The minimum Gasteiger partial charge on any atom is -0.383 e. The minimum atomic E-state index is 0.00611. The monoisotopic (exact) mass is 232 g/mol. The molecule has 0 aliphatic rings. The number of rotatable bonds is 10. The fraction of sp³-hybridized carbons (Fsp3) is 0.909. The van der Waals surface area contributed by atoms with Crippen molar-refractivity contribution in [1.29, 1.82) is 0 Å². The summed E-state index contributed by atoms with van der Waals surface area (Å²) in [5.41, 5.74) is 0. The van der Waals surface area contributed by atoms with Gasteiger partial charge in [-0.05, 0) is 6.42 Å². The average molecular weight is 232 g/mol. The second kappa shape index (κ2) is 10.9. The second-order valence-electron chi connectivity index (χ2n) is 3.68. The van der Waals surface area contributed by atoms with E-state index in [1.807, 2.05) is 0 Å². The molecule has 5 nitrogen and oxygen atoms in total. The van der Waals surface area contributed by atoms with Crippen molar-refractivity contribution in [3.05, 3.63) is 0 Å². The van der Waals surface area contributed by atoms with Gasteiger partial charge < -0.3 is 20.1 Å². The summed E-state index contributed by atoms with van der Waals surface area (Å²) in [7, 11) is 3.28.